The maximum Gasteiger partial charge on any atom is 0.320 e. The van der Waals surface area contributed by atoms with Crippen molar-refractivity contribution < 1.29 is 134 Å². The second kappa shape index (κ2) is 27.4. The van der Waals surface area contributed by atoms with Crippen molar-refractivity contribution in [1.29, 1.82) is 0 Å². The number of nitrogens with zero attached hydrogens (tertiary/aromatic N) is 3. The third-order valence-electron chi connectivity index (χ3n) is 29.8. The molecule has 124 heavy (non-hydrogen) atoms. The highest BCUT2D eigenvalue weighted by molar-refractivity contribution is 6.13. The molecule has 0 bridgehead atoms. The average molecular weight is 1690 g/mol. The second-order valence-electron chi connectivity index (χ2n) is 35.9. The fraction of sp³-hybridized carbons (Fsp3) is 0.407. The van der Waals surface area contributed by atoms with E-state index in [9.17, 15) is 109 Å². The Labute approximate surface area is 702 Å². The Balaban J connectivity index is 0.801. The monoisotopic (exact) mass is 1690 g/mol. The number of hydrogen-bond donors (Lipinski definition) is 18. The van der Waals surface area contributed by atoms with E-state index in [1.54, 1.807) is 48.6 Å². The van der Waals surface area contributed by atoms with Crippen LogP contribution in [0.4, 0.5) is 0 Å². The van der Waals surface area contributed by atoms with Gasteiger partial charge in [-0.05, 0) is 215 Å². The van der Waals surface area contributed by atoms with Crippen molar-refractivity contribution in [2.75, 3.05) is 58.9 Å². The van der Waals surface area contributed by atoms with Crippen LogP contribution in [0.5, 0.6) is 0 Å². The molecule has 0 heterocycles. The molecule has 0 aromatic heterocycles. The Kier molecular flexibility index (Phi) is 17.7. The summed E-state index contributed by atoms with van der Waals surface area (Å²) >= 11 is 0. The highest BCUT2D eigenvalue weighted by Crippen LogP contribution is 2.81. The number of aliphatic carboxylic acids is 10. The van der Waals surface area contributed by atoms with E-state index in [-0.39, 0.29) is 124 Å². The van der Waals surface area contributed by atoms with Crippen LogP contribution in [0, 0.1) is 34.5 Å². The number of carboxylic acid groups (broad SMARTS) is 10. The number of amides is 2. The fourth-order valence-electron chi connectivity index (χ4n) is 25.9. The minimum atomic E-state index is -2.38. The van der Waals surface area contributed by atoms with Crippen LogP contribution in [0.25, 0.3) is 28.9 Å². The van der Waals surface area contributed by atoms with Crippen LogP contribution >= 0.6 is 0 Å². The zero-order valence-electron chi connectivity index (χ0n) is 66.1. The number of benzene rings is 2. The van der Waals surface area contributed by atoms with E-state index in [1.165, 1.54) is 6.08 Å². The first-order valence-corrected chi connectivity index (χ1v) is 41.5. The molecule has 18 aliphatic rings. The van der Waals surface area contributed by atoms with E-state index in [2.05, 4.69) is 16.0 Å². The highest BCUT2D eigenvalue weighted by Gasteiger charge is 2.78. The van der Waals surface area contributed by atoms with E-state index in [0.29, 0.717) is 116 Å². The number of aliphatic hydroxyl groups excluding tert-OH is 2. The molecule has 0 aliphatic heterocycles. The largest absolute Gasteiger partial charge is 0.481 e. The second-order valence-corrected chi connectivity index (χ2v) is 35.9. The highest BCUT2D eigenvalue weighted by atomic mass is 16.4. The molecular formula is C91H84N6O27. The lowest BCUT2D eigenvalue weighted by molar-refractivity contribution is -0.152. The number of carboxylic acids is 10. The Bertz CT molecular complexity index is 6140. The van der Waals surface area contributed by atoms with Gasteiger partial charge in [0, 0.05) is 53.8 Å². The van der Waals surface area contributed by atoms with Crippen LogP contribution < -0.4 is 26.4 Å². The third-order valence-corrected chi connectivity index (χ3v) is 29.8. The summed E-state index contributed by atoms with van der Waals surface area (Å²) in [5.74, 6) is -23.4. The molecule has 0 saturated heterocycles. The number of aliphatic hydroxyl groups is 5. The molecule has 18 N–H and O–H groups in total. The minimum Gasteiger partial charge on any atom is -0.481 e. The van der Waals surface area contributed by atoms with Crippen molar-refractivity contribution in [3.05, 3.63) is 212 Å². The predicted molar refractivity (Wildman–Crippen MR) is 429 cm³/mol. The van der Waals surface area contributed by atoms with Gasteiger partial charge in [-0.1, -0.05) is 91.5 Å². The number of unbranched alkanes of at least 4 members (excludes halogenated alkanes) is 3. The number of allylic oxidation sites excluding steroid dienone is 9. The molecule has 2 amide bonds. The summed E-state index contributed by atoms with van der Waals surface area (Å²) in [6.07, 6.45) is 19.3. The number of hydrogen-bond acceptors (Lipinski definition) is 21. The Morgan fingerprint density at radius 3 is 1.65 bits per heavy atom. The van der Waals surface area contributed by atoms with Crippen LogP contribution in [0.15, 0.2) is 157 Å². The lowest BCUT2D eigenvalue weighted by Crippen LogP contribution is -2.74. The van der Waals surface area contributed by atoms with Gasteiger partial charge in [0.1, 0.15) is 41.0 Å². The third kappa shape index (κ3) is 10.4. The molecule has 640 valence electrons. The van der Waals surface area contributed by atoms with Crippen molar-refractivity contribution in [3.63, 3.8) is 0 Å². The van der Waals surface area contributed by atoms with E-state index in [1.807, 2.05) is 36.4 Å². The molecule has 0 spiro atoms. The van der Waals surface area contributed by atoms with Crippen molar-refractivity contribution >= 4 is 100 Å². The van der Waals surface area contributed by atoms with Gasteiger partial charge in [-0.2, -0.15) is 0 Å². The summed E-state index contributed by atoms with van der Waals surface area (Å²) < 4.78 is 0. The van der Waals surface area contributed by atoms with Gasteiger partial charge in [-0.15, -0.1) is 0 Å². The summed E-state index contributed by atoms with van der Waals surface area (Å²) in [5, 5.41) is 187. The Morgan fingerprint density at radius 2 is 1.07 bits per heavy atom. The molecular weight excluding hydrogens is 1610 g/mol. The van der Waals surface area contributed by atoms with Gasteiger partial charge in [0.2, 0.25) is 11.8 Å². The Hall–Kier alpha value is -12.2. The summed E-state index contributed by atoms with van der Waals surface area (Å²) in [4.78, 5) is 161. The molecule has 33 nitrogen and oxygen atoms in total. The van der Waals surface area contributed by atoms with Crippen LogP contribution in [-0.2, 0) is 76.0 Å². The predicted octanol–water partition coefficient (Wildman–Crippen LogP) is 0.635. The molecule has 33 heteroatoms. The number of carbonyl (C=O) groups is 12. The van der Waals surface area contributed by atoms with Crippen molar-refractivity contribution in [2.45, 2.75) is 135 Å². The molecule has 1 fully saturated rings. The van der Waals surface area contributed by atoms with Crippen LogP contribution in [0.1, 0.15) is 114 Å². The van der Waals surface area contributed by atoms with Crippen molar-refractivity contribution in [2.24, 2.45) is 34.5 Å². The smallest absolute Gasteiger partial charge is 0.320 e. The van der Waals surface area contributed by atoms with E-state index >= 15 is 24.9 Å². The summed E-state index contributed by atoms with van der Waals surface area (Å²) in [6.45, 7) is -5.52. The van der Waals surface area contributed by atoms with Crippen molar-refractivity contribution in [1.82, 2.24) is 30.7 Å². The van der Waals surface area contributed by atoms with Crippen LogP contribution in [0.2, 0.25) is 0 Å². The topological polar surface area (TPSA) is 554 Å². The number of nitrogens with one attached hydrogen (secondary N) is 3. The van der Waals surface area contributed by atoms with Gasteiger partial charge < -0.3 is 92.5 Å². The minimum absolute atomic E-state index is 0.00504. The first-order chi connectivity index (χ1) is 59.0. The van der Waals surface area contributed by atoms with Crippen molar-refractivity contribution in [3.8, 4) is 0 Å². The summed E-state index contributed by atoms with van der Waals surface area (Å²) in [7, 11) is 0. The van der Waals surface area contributed by atoms with Gasteiger partial charge >= 0.3 is 59.7 Å². The molecule has 20 rings (SSSR count). The summed E-state index contributed by atoms with van der Waals surface area (Å²) in [5.41, 5.74) is -2.07. The molecule has 2 aromatic rings. The van der Waals surface area contributed by atoms with Crippen LogP contribution in [-0.4, -0.2) is 269 Å². The quantitative estimate of drug-likeness (QED) is 0.0413. The maximum absolute atomic E-state index is 16.9. The molecule has 18 aliphatic carbocycles. The standard InChI is InChI=1S/C91H84N6O27/c98-50-26-45-62-65-63-44(79(45)111)25-43-61(83(118)119)46-10-8-16-88(94-20-6-3-13-49(82(116)117)97(34-55(107)108)35-56(109)110)29-41-21-36-14-17-87(85(121)93-19-5-2-12-48(81(114)115)96(32-53(103)104)33-54(105)106)28-40-23-39-27-86(84(120)92-18-4-1-11-47(80(112)113)95(30-51(99)100)31-52(101)102)15-7-9-37-22-38-24-42(50)72(62)89(122)71(38)67(70(37)86)57(39)66-58(40)68-73(87)59(36)74-60(41)78(91(46,88)124)64(43)75(63)90(74,123)77(68)69(65)76(66)89/h7-10,14-17,21-26,28,43,47-50,61,71,73,77-79,94,98,111,122-124H,1-6,11-13,18-20,27,29-35H2,(H,92,120)(H,93,121)(H,99,100)(H,101,102)(H,103,104)(H,105,106)(H,107,108)(H,109,110)(H,112,113)(H,114,115)(H,116,117)(H,118,119). The molecule has 17 unspecified atom stereocenters. The van der Waals surface area contributed by atoms with E-state index < -0.39 is 210 Å². The van der Waals surface area contributed by atoms with E-state index in [0.717, 1.165) is 14.7 Å². The van der Waals surface area contributed by atoms with Gasteiger partial charge in [0.05, 0.1) is 67.7 Å². The molecule has 0 radical (unpaired) electrons. The van der Waals surface area contributed by atoms with Crippen LogP contribution in [0.3, 0.4) is 0 Å². The van der Waals surface area contributed by atoms with Gasteiger partial charge in [0.15, 0.2) is 0 Å². The van der Waals surface area contributed by atoms with E-state index in [4.69, 9.17) is 0 Å². The zero-order chi connectivity index (χ0) is 87.5. The summed E-state index contributed by atoms with van der Waals surface area (Å²) in [6, 6.07) is -0.737. The average Bonchev–Trinajstić information content (AvgIpc) is 0.609. The van der Waals surface area contributed by atoms with Gasteiger partial charge in [-0.3, -0.25) is 72.2 Å². The lowest BCUT2D eigenvalue weighted by atomic mass is 9.35. The molecule has 2 aromatic carbocycles. The normalized spacial score (nSPS) is 31.0. The zero-order valence-corrected chi connectivity index (χ0v) is 66.1. The SMILES string of the molecule is O=C(O)CN(CC(=O)O)C(CCCCNC(=O)C12C=CC=C3C=C4C=C5C6=C7C(=CC5O)C(O)C5=CC8C9=C%10C5=C7C5=C7c%11c(c(cc%12c%11=C%11C%13c%14c(cc%15c(c%14C%10(O)C5%11)C9C5(O)C(=CC=CC5(NCCCCC(C(=O)O)N(CC(=O)O)CC(=O)O)C%15)C8C(=O)O)C=CC%13(C(=O)NCCCCC(C(=O)O)N(CC(=O)O)CC(=O)O)C=%12)C1)C(=C32)C4C67O)C(=O)O. The fourth-order valence-corrected chi connectivity index (χ4v) is 25.9. The molecule has 17 atom stereocenters. The number of carbonyl (C=O) groups excluding carboxylic acids is 2. The molecule has 1 saturated carbocycles. The van der Waals surface area contributed by atoms with Gasteiger partial charge in [-0.25, -0.2) is 0 Å². The maximum atomic E-state index is 16.9. The number of rotatable bonds is 37. The Morgan fingerprint density at radius 1 is 0.500 bits per heavy atom. The first kappa shape index (κ1) is 80.2. The lowest BCUT2D eigenvalue weighted by Gasteiger charge is -2.70. The first-order valence-electron chi connectivity index (χ1n) is 41.5. The van der Waals surface area contributed by atoms with Gasteiger partial charge in [0.25, 0.3) is 0 Å².